The maximum absolute atomic E-state index is 11.3. The summed E-state index contributed by atoms with van der Waals surface area (Å²) in [6, 6.07) is 0. The lowest BCUT2D eigenvalue weighted by Gasteiger charge is -2.13. The lowest BCUT2D eigenvalue weighted by atomic mass is 10.1. The summed E-state index contributed by atoms with van der Waals surface area (Å²) in [5.74, 6) is 0. The Morgan fingerprint density at radius 2 is 2.00 bits per heavy atom. The van der Waals surface area contributed by atoms with E-state index in [-0.39, 0.29) is 5.41 Å². The second-order valence-corrected chi connectivity index (χ2v) is 5.51. The maximum atomic E-state index is 11.3. The first kappa shape index (κ1) is 11.9. The van der Waals surface area contributed by atoms with Crippen LogP contribution in [0.25, 0.3) is 0 Å². The first-order chi connectivity index (χ1) is 6.54. The third-order valence-corrected chi connectivity index (χ3v) is 3.68. The maximum Gasteiger partial charge on any atom is 0.276 e. The number of hydrogen-bond donors (Lipinski definition) is 3. The van der Waals surface area contributed by atoms with E-state index in [2.05, 4.69) is 9.44 Å². The van der Waals surface area contributed by atoms with Gasteiger partial charge in [0.2, 0.25) is 0 Å². The van der Waals surface area contributed by atoms with Gasteiger partial charge in [0.15, 0.2) is 0 Å². The second-order valence-electron chi connectivity index (χ2n) is 3.92. The summed E-state index contributed by atoms with van der Waals surface area (Å²) in [6.07, 6.45) is 2.85. The Balaban J connectivity index is 2.29. The van der Waals surface area contributed by atoms with Crippen molar-refractivity contribution in [3.05, 3.63) is 0 Å². The number of nitrogens with one attached hydrogen (secondary N) is 2. The molecular weight excluding hydrogens is 202 g/mol. The lowest BCUT2D eigenvalue weighted by Crippen LogP contribution is -2.41. The fourth-order valence-electron chi connectivity index (χ4n) is 1.17. The molecular formula is C8H19N3O2S. The zero-order valence-electron chi connectivity index (χ0n) is 8.54. The minimum atomic E-state index is -3.30. The fraction of sp³-hybridized carbons (Fsp3) is 1.00. The largest absolute Gasteiger partial charge is 0.330 e. The number of nitrogens with two attached hydrogens (primary N) is 1. The lowest BCUT2D eigenvalue weighted by molar-refractivity contribution is 0.496. The van der Waals surface area contributed by atoms with Crippen molar-refractivity contribution in [1.29, 1.82) is 0 Å². The van der Waals surface area contributed by atoms with Crippen LogP contribution in [0.5, 0.6) is 0 Å². The minimum Gasteiger partial charge on any atom is -0.330 e. The Morgan fingerprint density at radius 3 is 2.43 bits per heavy atom. The molecule has 0 aromatic carbocycles. The first-order valence-corrected chi connectivity index (χ1v) is 6.46. The third-order valence-electron chi connectivity index (χ3n) is 2.57. The van der Waals surface area contributed by atoms with Gasteiger partial charge < -0.3 is 5.73 Å². The Bertz CT molecular complexity index is 272. The van der Waals surface area contributed by atoms with Gasteiger partial charge in [-0.2, -0.15) is 8.42 Å². The highest BCUT2D eigenvalue weighted by atomic mass is 32.2. The minimum absolute atomic E-state index is 0.0426. The summed E-state index contributed by atoms with van der Waals surface area (Å²) in [6.45, 7) is 3.42. The van der Waals surface area contributed by atoms with E-state index >= 15 is 0 Å². The molecule has 1 aliphatic rings. The predicted molar refractivity (Wildman–Crippen MR) is 55.9 cm³/mol. The van der Waals surface area contributed by atoms with Crippen LogP contribution in [0.4, 0.5) is 0 Å². The average Bonchev–Trinajstić information content (AvgIpc) is 2.93. The number of hydrogen-bond acceptors (Lipinski definition) is 3. The topological polar surface area (TPSA) is 84.2 Å². The van der Waals surface area contributed by atoms with E-state index in [0.717, 1.165) is 19.3 Å². The molecule has 0 bridgehead atoms. The van der Waals surface area contributed by atoms with Crippen molar-refractivity contribution in [2.45, 2.75) is 26.2 Å². The summed E-state index contributed by atoms with van der Waals surface area (Å²) in [7, 11) is -3.30. The SMILES string of the molecule is CCCNS(=O)(=O)NCC1(CN)CC1. The van der Waals surface area contributed by atoms with Gasteiger partial charge in [0.05, 0.1) is 0 Å². The Labute approximate surface area is 85.6 Å². The highest BCUT2D eigenvalue weighted by molar-refractivity contribution is 7.87. The van der Waals surface area contributed by atoms with Crippen molar-refractivity contribution in [3.8, 4) is 0 Å². The second kappa shape index (κ2) is 4.57. The van der Waals surface area contributed by atoms with Crippen LogP contribution >= 0.6 is 0 Å². The van der Waals surface area contributed by atoms with Crippen LogP contribution in [-0.2, 0) is 10.2 Å². The zero-order valence-corrected chi connectivity index (χ0v) is 9.36. The molecule has 0 atom stereocenters. The standard InChI is InChI=1S/C8H19N3O2S/c1-2-5-10-14(12,13)11-7-8(6-9)3-4-8/h10-11H,2-7,9H2,1H3. The van der Waals surface area contributed by atoms with Crippen molar-refractivity contribution in [2.75, 3.05) is 19.6 Å². The highest BCUT2D eigenvalue weighted by Crippen LogP contribution is 2.43. The molecule has 0 amide bonds. The van der Waals surface area contributed by atoms with E-state index in [1.54, 1.807) is 0 Å². The average molecular weight is 221 g/mol. The van der Waals surface area contributed by atoms with E-state index in [9.17, 15) is 8.42 Å². The van der Waals surface area contributed by atoms with Gasteiger partial charge in [0, 0.05) is 13.1 Å². The molecule has 0 aliphatic heterocycles. The monoisotopic (exact) mass is 221 g/mol. The molecule has 0 spiro atoms. The molecule has 4 N–H and O–H groups in total. The normalized spacial score (nSPS) is 19.6. The van der Waals surface area contributed by atoms with Crippen LogP contribution in [0.1, 0.15) is 26.2 Å². The molecule has 14 heavy (non-hydrogen) atoms. The fourth-order valence-corrected chi connectivity index (χ4v) is 2.24. The molecule has 1 aliphatic carbocycles. The predicted octanol–water partition coefficient (Wildman–Crippen LogP) is -0.441. The Kier molecular flexibility index (Phi) is 3.88. The summed E-state index contributed by atoms with van der Waals surface area (Å²) < 4.78 is 27.6. The van der Waals surface area contributed by atoms with Gasteiger partial charge in [-0.3, -0.25) is 0 Å². The summed E-state index contributed by atoms with van der Waals surface area (Å²) >= 11 is 0. The van der Waals surface area contributed by atoms with Crippen LogP contribution in [-0.4, -0.2) is 28.1 Å². The van der Waals surface area contributed by atoms with Crippen LogP contribution in [0.3, 0.4) is 0 Å². The summed E-state index contributed by atoms with van der Waals surface area (Å²) in [4.78, 5) is 0. The van der Waals surface area contributed by atoms with Gasteiger partial charge in [0.1, 0.15) is 0 Å². The summed E-state index contributed by atoms with van der Waals surface area (Å²) in [5.41, 5.74) is 5.59. The highest BCUT2D eigenvalue weighted by Gasteiger charge is 2.41. The van der Waals surface area contributed by atoms with Crippen LogP contribution in [0.2, 0.25) is 0 Å². The van der Waals surface area contributed by atoms with Gasteiger partial charge in [-0.05, 0) is 31.2 Å². The van der Waals surface area contributed by atoms with Crippen molar-refractivity contribution >= 4 is 10.2 Å². The molecule has 5 nitrogen and oxygen atoms in total. The molecule has 0 unspecified atom stereocenters. The molecule has 1 fully saturated rings. The van der Waals surface area contributed by atoms with E-state index < -0.39 is 10.2 Å². The van der Waals surface area contributed by atoms with E-state index in [1.807, 2.05) is 6.92 Å². The van der Waals surface area contributed by atoms with Gasteiger partial charge in [0.25, 0.3) is 10.2 Å². The smallest absolute Gasteiger partial charge is 0.276 e. The van der Waals surface area contributed by atoms with Crippen molar-refractivity contribution in [2.24, 2.45) is 11.1 Å². The molecule has 0 heterocycles. The van der Waals surface area contributed by atoms with Crippen LogP contribution < -0.4 is 15.2 Å². The van der Waals surface area contributed by atoms with E-state index in [1.165, 1.54) is 0 Å². The number of rotatable bonds is 7. The van der Waals surface area contributed by atoms with Crippen LogP contribution in [0, 0.1) is 5.41 Å². The molecule has 0 aromatic rings. The van der Waals surface area contributed by atoms with Gasteiger partial charge in [-0.15, -0.1) is 0 Å². The molecule has 1 rings (SSSR count). The van der Waals surface area contributed by atoms with Gasteiger partial charge >= 0.3 is 0 Å². The van der Waals surface area contributed by atoms with Gasteiger partial charge in [-0.25, -0.2) is 9.44 Å². The first-order valence-electron chi connectivity index (χ1n) is 4.98. The molecule has 1 saturated carbocycles. The zero-order chi connectivity index (χ0) is 10.7. The van der Waals surface area contributed by atoms with Crippen molar-refractivity contribution in [3.63, 3.8) is 0 Å². The van der Waals surface area contributed by atoms with Crippen molar-refractivity contribution < 1.29 is 8.42 Å². The molecule has 6 heteroatoms. The molecule has 0 radical (unpaired) electrons. The van der Waals surface area contributed by atoms with Crippen molar-refractivity contribution in [1.82, 2.24) is 9.44 Å². The molecule has 0 saturated heterocycles. The quantitative estimate of drug-likeness (QED) is 0.545. The Hall–Kier alpha value is -0.170. The van der Waals surface area contributed by atoms with Crippen LogP contribution in [0.15, 0.2) is 0 Å². The Morgan fingerprint density at radius 1 is 1.36 bits per heavy atom. The van der Waals surface area contributed by atoms with Gasteiger partial charge in [-0.1, -0.05) is 6.92 Å². The summed E-state index contributed by atoms with van der Waals surface area (Å²) in [5, 5.41) is 0. The molecule has 0 aromatic heterocycles. The van der Waals surface area contributed by atoms with E-state index in [0.29, 0.717) is 19.6 Å². The third kappa shape index (κ3) is 3.53. The molecule has 84 valence electrons. The van der Waals surface area contributed by atoms with E-state index in [4.69, 9.17) is 5.73 Å².